The van der Waals surface area contributed by atoms with E-state index >= 15 is 0 Å². The van der Waals surface area contributed by atoms with Crippen LogP contribution in [0.5, 0.6) is 0 Å². The molecule has 4 bridgehead atoms. The number of aliphatic hydroxyl groups is 6. The van der Waals surface area contributed by atoms with Crippen molar-refractivity contribution in [3.05, 3.63) is 142 Å². The Bertz CT molecular complexity index is 3960. The second kappa shape index (κ2) is 41.5. The first-order valence-corrected chi connectivity index (χ1v) is 34.5. The van der Waals surface area contributed by atoms with Crippen LogP contribution in [-0.4, -0.2) is 245 Å². The van der Waals surface area contributed by atoms with Crippen molar-refractivity contribution in [2.24, 2.45) is 11.5 Å². The Morgan fingerprint density at radius 1 is 0.593 bits per heavy atom. The number of carbonyl (C=O) groups excluding carboxylic acids is 14. The first kappa shape index (κ1) is 85.6. The Balaban J connectivity index is 1.49. The van der Waals surface area contributed by atoms with E-state index in [9.17, 15) is 108 Å². The number of allylic oxidation sites excluding steroid dienone is 2. The van der Waals surface area contributed by atoms with Gasteiger partial charge < -0.3 is 116 Å². The number of hydrogen-bond donors (Lipinski definition) is 21. The largest absolute Gasteiger partial charge is 0.480 e. The molecule has 0 radical (unpaired) electrons. The van der Waals surface area contributed by atoms with Crippen molar-refractivity contribution in [1.29, 1.82) is 0 Å². The van der Waals surface area contributed by atoms with Gasteiger partial charge in [-0.25, -0.2) is 9.78 Å². The minimum Gasteiger partial charge on any atom is -0.480 e. The number of imidazole rings is 1. The van der Waals surface area contributed by atoms with Crippen LogP contribution < -0.4 is 75.3 Å². The maximum absolute atomic E-state index is 14.9. The first-order valence-electron chi connectivity index (χ1n) is 33.7. The number of primary amides is 2. The van der Waals surface area contributed by atoms with Gasteiger partial charge in [0.1, 0.15) is 60.4 Å². The van der Waals surface area contributed by atoms with Crippen molar-refractivity contribution in [3.8, 4) is 0 Å². The molecule has 39 heteroatoms. The second-order valence-corrected chi connectivity index (χ2v) is 26.4. The molecule has 2 aliphatic heterocycles. The molecular formula is C69H87BrN16O22. The van der Waals surface area contributed by atoms with E-state index in [2.05, 4.69) is 79.4 Å². The van der Waals surface area contributed by atoms with Crippen LogP contribution in [0, 0.1) is 0 Å². The number of benzene rings is 3. The van der Waals surface area contributed by atoms with Gasteiger partial charge in [-0.1, -0.05) is 113 Å². The normalized spacial score (nSPS) is 25.5. The van der Waals surface area contributed by atoms with E-state index in [0.717, 1.165) is 34.1 Å². The number of carboxylic acid groups (broad SMARTS) is 1. The highest BCUT2D eigenvalue weighted by molar-refractivity contribution is 9.10. The lowest BCUT2D eigenvalue weighted by molar-refractivity contribution is -0.143. The number of amides is 14. The number of carboxylic acids is 1. The van der Waals surface area contributed by atoms with E-state index in [-0.39, 0.29) is 18.5 Å². The van der Waals surface area contributed by atoms with Gasteiger partial charge in [-0.2, -0.15) is 0 Å². The maximum Gasteiger partial charge on any atom is 0.326 e. The van der Waals surface area contributed by atoms with Gasteiger partial charge in [-0.05, 0) is 42.7 Å². The zero-order valence-electron chi connectivity index (χ0n) is 58.3. The number of aromatic nitrogens is 2. The summed E-state index contributed by atoms with van der Waals surface area (Å²) in [6.45, 7) is -1.28. The molecule has 582 valence electrons. The molecule has 15 atom stereocenters. The van der Waals surface area contributed by atoms with Gasteiger partial charge in [0.25, 0.3) is 0 Å². The number of nitrogens with two attached hydrogens (primary N) is 2. The summed E-state index contributed by atoms with van der Waals surface area (Å²) in [5.74, 6) is -20.1. The van der Waals surface area contributed by atoms with Crippen LogP contribution in [0.2, 0.25) is 0 Å². The Morgan fingerprint density at radius 3 is 1.71 bits per heavy atom. The van der Waals surface area contributed by atoms with Gasteiger partial charge in [0, 0.05) is 55.7 Å². The topological polar surface area (TPSA) is 612 Å². The summed E-state index contributed by atoms with van der Waals surface area (Å²) >= 11 is 3.37. The van der Waals surface area contributed by atoms with Crippen LogP contribution in [0.25, 0.3) is 6.08 Å². The lowest BCUT2D eigenvalue weighted by atomic mass is 10.0. The fourth-order valence-electron chi connectivity index (χ4n) is 11.0. The Labute approximate surface area is 624 Å². The summed E-state index contributed by atoms with van der Waals surface area (Å²) in [6.07, 6.45) is -7.78. The molecule has 0 spiro atoms. The lowest BCUT2D eigenvalue weighted by Crippen LogP contribution is -2.63. The highest BCUT2D eigenvalue weighted by Crippen LogP contribution is 2.17. The molecule has 108 heavy (non-hydrogen) atoms. The van der Waals surface area contributed by atoms with Gasteiger partial charge in [-0.3, -0.25) is 67.1 Å². The van der Waals surface area contributed by atoms with Crippen LogP contribution in [0.3, 0.4) is 0 Å². The van der Waals surface area contributed by atoms with Crippen molar-refractivity contribution in [2.75, 3.05) is 19.8 Å². The molecule has 38 nitrogen and oxygen atoms in total. The van der Waals surface area contributed by atoms with E-state index in [1.807, 2.05) is 5.32 Å². The summed E-state index contributed by atoms with van der Waals surface area (Å²) in [5.41, 5.74) is 12.7. The van der Waals surface area contributed by atoms with Crippen molar-refractivity contribution < 1.29 is 108 Å². The summed E-state index contributed by atoms with van der Waals surface area (Å²) in [4.78, 5) is 214. The van der Waals surface area contributed by atoms with Crippen LogP contribution >= 0.6 is 15.9 Å². The fraction of sp³-hybridized carbons (Fsp3) is 0.420. The van der Waals surface area contributed by atoms with Crippen molar-refractivity contribution >= 4 is 111 Å². The van der Waals surface area contributed by atoms with E-state index in [1.165, 1.54) is 18.2 Å². The van der Waals surface area contributed by atoms with Crippen molar-refractivity contribution in [1.82, 2.24) is 73.4 Å². The molecule has 3 aromatic carbocycles. The van der Waals surface area contributed by atoms with Crippen molar-refractivity contribution in [2.45, 2.75) is 163 Å². The number of nitrogens with one attached hydrogen (secondary N) is 12. The number of rotatable bonds is 16. The minimum absolute atomic E-state index is 0.203. The zero-order chi connectivity index (χ0) is 79.5. The SMILES string of the molecule is CC(/C=C/c1ccc(Br)cc1)=C\[C@H](O)C1CC(=O)N[C@@H](CO)C(=O)N[C@@H]2Cn3cnc(c3)C[C@H](NC(=O)C[C@H](O)C[C@@H](C(=O)O)NC(=O)CCNC(=O)[C@H](Cc3ccccc3)NC(=O)[C@H]([C@@H](O)C(N)=O)NC(=O)[C@H](CC(N)=O)NC2=O)C(=O)N[C@H]([C@H](C)O)C(=O)N[C@@H](CO)C(=O)N[C@@H](Cc2ccccc2)C(=O)N1. The summed E-state index contributed by atoms with van der Waals surface area (Å²) < 4.78 is 1.83. The molecule has 23 N–H and O–H groups in total. The van der Waals surface area contributed by atoms with Crippen molar-refractivity contribution in [3.63, 3.8) is 0 Å². The predicted octanol–water partition coefficient (Wildman–Crippen LogP) is -7.74. The van der Waals surface area contributed by atoms with Gasteiger partial charge in [-0.15, -0.1) is 0 Å². The number of nitrogens with zero attached hydrogens (tertiary/aromatic N) is 2. The Hall–Kier alpha value is -11.4. The summed E-state index contributed by atoms with van der Waals surface area (Å²) in [6, 6.07) is 0.927. The van der Waals surface area contributed by atoms with Crippen LogP contribution in [-0.2, 0) is 97.7 Å². The third-order valence-electron chi connectivity index (χ3n) is 16.7. The molecule has 1 unspecified atom stereocenters. The average Bonchev–Trinajstić information content (AvgIpc) is 1.20. The summed E-state index contributed by atoms with van der Waals surface area (Å²) in [5, 5.41) is 104. The average molecular weight is 1570 g/mol. The molecule has 0 saturated heterocycles. The number of halogens is 1. The molecule has 0 fully saturated rings. The number of carbonyl (C=O) groups is 15. The Kier molecular flexibility index (Phi) is 32.9. The molecule has 4 aromatic rings. The van der Waals surface area contributed by atoms with Crippen LogP contribution in [0.1, 0.15) is 68.3 Å². The van der Waals surface area contributed by atoms with E-state index < -0.39 is 244 Å². The smallest absolute Gasteiger partial charge is 0.326 e. The Morgan fingerprint density at radius 2 is 1.12 bits per heavy atom. The van der Waals surface area contributed by atoms with Gasteiger partial charge in [0.05, 0.1) is 69.0 Å². The van der Waals surface area contributed by atoms with E-state index in [4.69, 9.17) is 11.5 Å². The third kappa shape index (κ3) is 27.2. The van der Waals surface area contributed by atoms with E-state index in [0.29, 0.717) is 16.7 Å². The minimum atomic E-state index is -2.65. The highest BCUT2D eigenvalue weighted by atomic mass is 79.9. The monoisotopic (exact) mass is 1570 g/mol. The lowest BCUT2D eigenvalue weighted by Gasteiger charge is -2.28. The van der Waals surface area contributed by atoms with Gasteiger partial charge in [0.15, 0.2) is 6.10 Å². The second-order valence-electron chi connectivity index (χ2n) is 25.5. The number of hydrogen-bond acceptors (Lipinski definition) is 22. The molecule has 0 aliphatic carbocycles. The van der Waals surface area contributed by atoms with E-state index in [1.54, 1.807) is 91.9 Å². The molecule has 1 aromatic heterocycles. The van der Waals surface area contributed by atoms with Gasteiger partial charge in [0.2, 0.25) is 82.7 Å². The quantitative estimate of drug-likeness (QED) is 0.0463. The maximum atomic E-state index is 14.9. The molecular weight excluding hydrogens is 1480 g/mol. The number of aliphatic carboxylic acids is 1. The fourth-order valence-corrected chi connectivity index (χ4v) is 11.3. The third-order valence-corrected chi connectivity index (χ3v) is 17.3. The molecule has 14 amide bonds. The molecule has 2 aliphatic rings. The zero-order valence-corrected chi connectivity index (χ0v) is 59.9. The van der Waals surface area contributed by atoms with Crippen LogP contribution in [0.4, 0.5) is 0 Å². The first-order chi connectivity index (χ1) is 51.2. The molecule has 3 heterocycles. The number of aliphatic hydroxyl groups excluding tert-OH is 6. The number of fused-ring (bicyclic) bond motifs is 2. The van der Waals surface area contributed by atoms with Gasteiger partial charge >= 0.3 is 5.97 Å². The van der Waals surface area contributed by atoms with Crippen LogP contribution in [0.15, 0.2) is 120 Å². The highest BCUT2D eigenvalue weighted by Gasteiger charge is 2.40. The molecule has 6 rings (SSSR count). The predicted molar refractivity (Wildman–Crippen MR) is 380 cm³/mol. The standard InChI is InChI=1S/C69H87BrN16O22/c1-34(13-14-36-15-17-39(70)18-16-36)21-51(91)42-28-55(95)77-49(31-87)65(103)82-48-30-86-29-40(74-33-86)24-45(62(100)84-56(35(2)89)67(105)83-50(32-88)66(104)79-44(61(99)78-42)23-38-11-7-4-8-12-38)75-54(94)26-41(90)25-47(69(107)108)76-53(93)19-20-73-60(98)43(22-37-9-5-3-6-10-37)81-68(106)57(58(96)59(72)97)85-63(101)46(27-52(71)92)80-64(48)102/h3-18,21,29,33,35,41-51,56-58,87-91,96H,19-20,22-28,30-32H2,1-2H3,(H2,71,92)(H2,72,97)(H,73,98)(H,75,94)(H,76,93)(H,77,95)(H,78,99)(H,79,104)(H,80,102)(H,81,106)(H,82,103)(H,83,105)(H,84,100)(H,85,101)(H,107,108)/b14-13+,34-21+/t35-,41+,42?,43-,44-,45-,46-,47-,48+,49-,50-,51-,56+,57-,58+/m0/s1. The summed E-state index contributed by atoms with van der Waals surface area (Å²) in [7, 11) is 0. The molecule has 0 saturated carbocycles.